The van der Waals surface area contributed by atoms with Gasteiger partial charge in [0.2, 0.25) is 0 Å². The Bertz CT molecular complexity index is 3520. The Morgan fingerprint density at radius 3 is 1.71 bits per heavy atom. The van der Waals surface area contributed by atoms with Crippen molar-refractivity contribution in [2.45, 2.75) is 19.3 Å². The average Bonchev–Trinajstić information content (AvgIpc) is 3.79. The van der Waals surface area contributed by atoms with Gasteiger partial charge in [-0.25, -0.2) is 0 Å². The van der Waals surface area contributed by atoms with Crippen LogP contribution in [0.4, 0.5) is 17.1 Å². The van der Waals surface area contributed by atoms with Gasteiger partial charge in [0.25, 0.3) is 0 Å². The fourth-order valence-electron chi connectivity index (χ4n) is 10.2. The molecular formula is C61H44N2. The second kappa shape index (κ2) is 14.6. The average molecular weight is 805 g/mol. The molecule has 1 aromatic heterocycles. The molecule has 298 valence electrons. The van der Waals surface area contributed by atoms with E-state index in [9.17, 15) is 0 Å². The van der Waals surface area contributed by atoms with Gasteiger partial charge in [0.15, 0.2) is 0 Å². The van der Waals surface area contributed by atoms with Crippen LogP contribution in [0.1, 0.15) is 25.0 Å². The molecule has 1 aliphatic carbocycles. The third kappa shape index (κ3) is 6.09. The lowest BCUT2D eigenvalue weighted by Crippen LogP contribution is -2.17. The smallest absolute Gasteiger partial charge is 0.0541 e. The first-order valence-corrected chi connectivity index (χ1v) is 21.9. The van der Waals surface area contributed by atoms with Gasteiger partial charge in [-0.1, -0.05) is 172 Å². The molecule has 0 atom stereocenters. The van der Waals surface area contributed by atoms with Gasteiger partial charge in [0.05, 0.1) is 11.0 Å². The highest BCUT2D eigenvalue weighted by atomic mass is 15.1. The highest BCUT2D eigenvalue weighted by Gasteiger charge is 2.36. The molecule has 0 unspecified atom stereocenters. The molecule has 2 nitrogen and oxygen atoms in total. The van der Waals surface area contributed by atoms with E-state index >= 15 is 0 Å². The number of aromatic nitrogens is 1. The number of para-hydroxylation sites is 2. The molecule has 0 spiro atoms. The molecule has 1 heterocycles. The summed E-state index contributed by atoms with van der Waals surface area (Å²) in [7, 11) is 0. The molecule has 0 radical (unpaired) electrons. The lowest BCUT2D eigenvalue weighted by molar-refractivity contribution is 0.660. The standard InChI is InChI=1S/C61H44N2/c1-61(2)57-39-48(62(47-23-10-5-11-24-47)50-36-45(42-19-8-4-9-20-42)35-46(37-50)52-27-16-22-43-21-12-13-25-51(43)52)30-32-53(57)54-33-31-49(40-58(54)61)63-59-28-15-14-26-55(59)56-38-44(29-34-60(56)63)41-17-6-3-7-18-41/h3-40H,1-2H3. The van der Waals surface area contributed by atoms with Crippen molar-refractivity contribution in [1.82, 2.24) is 4.57 Å². The van der Waals surface area contributed by atoms with Crippen LogP contribution in [0.25, 0.3) is 82.8 Å². The Morgan fingerprint density at radius 2 is 0.937 bits per heavy atom. The van der Waals surface area contributed by atoms with Gasteiger partial charge in [-0.05, 0) is 139 Å². The summed E-state index contributed by atoms with van der Waals surface area (Å²) in [6.07, 6.45) is 0. The molecule has 11 aromatic rings. The normalized spacial score (nSPS) is 12.7. The predicted octanol–water partition coefficient (Wildman–Crippen LogP) is 16.7. The van der Waals surface area contributed by atoms with Crippen molar-refractivity contribution in [2.24, 2.45) is 0 Å². The molecule has 2 heteroatoms. The third-order valence-corrected chi connectivity index (χ3v) is 13.3. The van der Waals surface area contributed by atoms with Crippen LogP contribution in [0, 0.1) is 0 Å². The van der Waals surface area contributed by atoms with E-state index < -0.39 is 0 Å². The van der Waals surface area contributed by atoms with Crippen molar-refractivity contribution in [3.63, 3.8) is 0 Å². The van der Waals surface area contributed by atoms with E-state index in [0.717, 1.165) is 17.1 Å². The Kier molecular flexibility index (Phi) is 8.55. The molecule has 0 saturated carbocycles. The molecule has 0 amide bonds. The number of rotatable bonds is 7. The Balaban J connectivity index is 0.998. The molecule has 12 rings (SSSR count). The molecule has 63 heavy (non-hydrogen) atoms. The quantitative estimate of drug-likeness (QED) is 0.156. The lowest BCUT2D eigenvalue weighted by atomic mass is 9.82. The van der Waals surface area contributed by atoms with Gasteiger partial charge in [0, 0.05) is 38.9 Å². The summed E-state index contributed by atoms with van der Waals surface area (Å²) >= 11 is 0. The first kappa shape index (κ1) is 36.9. The third-order valence-electron chi connectivity index (χ3n) is 13.3. The maximum Gasteiger partial charge on any atom is 0.0541 e. The van der Waals surface area contributed by atoms with E-state index in [-0.39, 0.29) is 5.41 Å². The highest BCUT2D eigenvalue weighted by Crippen LogP contribution is 2.52. The maximum atomic E-state index is 2.45. The second-order valence-corrected chi connectivity index (χ2v) is 17.4. The van der Waals surface area contributed by atoms with Crippen molar-refractivity contribution < 1.29 is 0 Å². The van der Waals surface area contributed by atoms with Gasteiger partial charge in [-0.15, -0.1) is 0 Å². The van der Waals surface area contributed by atoms with Crippen molar-refractivity contribution in [2.75, 3.05) is 4.90 Å². The molecule has 0 saturated heterocycles. The van der Waals surface area contributed by atoms with Gasteiger partial charge >= 0.3 is 0 Å². The Hall–Kier alpha value is -7.94. The van der Waals surface area contributed by atoms with Gasteiger partial charge in [0.1, 0.15) is 0 Å². The number of hydrogen-bond donors (Lipinski definition) is 0. The van der Waals surface area contributed by atoms with E-state index in [1.54, 1.807) is 0 Å². The van der Waals surface area contributed by atoms with Crippen LogP contribution in [0.3, 0.4) is 0 Å². The molecule has 1 aliphatic rings. The Labute approximate surface area is 368 Å². The van der Waals surface area contributed by atoms with Crippen LogP contribution in [0.5, 0.6) is 0 Å². The van der Waals surface area contributed by atoms with Crippen molar-refractivity contribution in [3.05, 3.63) is 242 Å². The van der Waals surface area contributed by atoms with E-state index in [1.807, 2.05) is 0 Å². The summed E-state index contributed by atoms with van der Waals surface area (Å²) in [5.41, 5.74) is 19.2. The number of nitrogens with zero attached hydrogens (tertiary/aromatic N) is 2. The minimum absolute atomic E-state index is 0.252. The summed E-state index contributed by atoms with van der Waals surface area (Å²) in [5.74, 6) is 0. The van der Waals surface area contributed by atoms with Gasteiger partial charge in [-0.3, -0.25) is 0 Å². The molecule has 0 bridgehead atoms. The predicted molar refractivity (Wildman–Crippen MR) is 267 cm³/mol. The SMILES string of the molecule is CC1(C)c2cc(N(c3ccccc3)c3cc(-c4ccccc4)cc(-c4cccc5ccccc45)c3)ccc2-c2ccc(-n3c4ccccc4c4cc(-c5ccccc5)ccc43)cc21. The minimum Gasteiger partial charge on any atom is -0.310 e. The largest absolute Gasteiger partial charge is 0.310 e. The fourth-order valence-corrected chi connectivity index (χ4v) is 10.2. The van der Waals surface area contributed by atoms with Gasteiger partial charge in [-0.2, -0.15) is 0 Å². The van der Waals surface area contributed by atoms with Crippen LogP contribution >= 0.6 is 0 Å². The van der Waals surface area contributed by atoms with Crippen LogP contribution in [-0.2, 0) is 5.41 Å². The van der Waals surface area contributed by atoms with Crippen LogP contribution < -0.4 is 4.90 Å². The zero-order chi connectivity index (χ0) is 42.1. The lowest BCUT2D eigenvalue weighted by Gasteiger charge is -2.29. The van der Waals surface area contributed by atoms with Crippen LogP contribution in [0.15, 0.2) is 231 Å². The molecule has 0 fully saturated rings. The first-order chi connectivity index (χ1) is 31.0. The maximum absolute atomic E-state index is 2.45. The number of benzene rings is 10. The number of hydrogen-bond acceptors (Lipinski definition) is 1. The minimum atomic E-state index is -0.252. The van der Waals surface area contributed by atoms with Crippen molar-refractivity contribution in [3.8, 4) is 50.2 Å². The summed E-state index contributed by atoms with van der Waals surface area (Å²) in [6.45, 7) is 4.79. The summed E-state index contributed by atoms with van der Waals surface area (Å²) in [6, 6.07) is 84.7. The van der Waals surface area contributed by atoms with Crippen molar-refractivity contribution >= 4 is 49.6 Å². The van der Waals surface area contributed by atoms with Crippen LogP contribution in [-0.4, -0.2) is 4.57 Å². The zero-order valence-electron chi connectivity index (χ0n) is 35.3. The number of anilines is 3. The number of fused-ring (bicyclic) bond motifs is 7. The van der Waals surface area contributed by atoms with E-state index in [2.05, 4.69) is 254 Å². The topological polar surface area (TPSA) is 8.17 Å². The Morgan fingerprint density at radius 1 is 0.333 bits per heavy atom. The van der Waals surface area contributed by atoms with Crippen molar-refractivity contribution in [1.29, 1.82) is 0 Å². The van der Waals surface area contributed by atoms with Crippen LogP contribution in [0.2, 0.25) is 0 Å². The molecule has 10 aromatic carbocycles. The van der Waals surface area contributed by atoms with E-state index in [0.29, 0.717) is 0 Å². The van der Waals surface area contributed by atoms with E-state index in [1.165, 1.54) is 93.9 Å². The summed E-state index contributed by atoms with van der Waals surface area (Å²) in [4.78, 5) is 2.44. The monoisotopic (exact) mass is 804 g/mol. The molecular weight excluding hydrogens is 761 g/mol. The molecule has 0 N–H and O–H groups in total. The van der Waals surface area contributed by atoms with E-state index in [4.69, 9.17) is 0 Å². The molecule has 0 aliphatic heterocycles. The first-order valence-electron chi connectivity index (χ1n) is 21.9. The van der Waals surface area contributed by atoms with Gasteiger partial charge < -0.3 is 9.47 Å². The zero-order valence-corrected chi connectivity index (χ0v) is 35.3. The highest BCUT2D eigenvalue weighted by molar-refractivity contribution is 6.10. The summed E-state index contributed by atoms with van der Waals surface area (Å²) < 4.78 is 2.45. The second-order valence-electron chi connectivity index (χ2n) is 17.4. The fraction of sp³-hybridized carbons (Fsp3) is 0.0492. The summed E-state index contributed by atoms with van der Waals surface area (Å²) in [5, 5.41) is 5.01.